The zero-order valence-corrected chi connectivity index (χ0v) is 11.1. The Bertz CT molecular complexity index is 450. The van der Waals surface area contributed by atoms with Gasteiger partial charge in [-0.2, -0.15) is 0 Å². The van der Waals surface area contributed by atoms with E-state index in [1.807, 2.05) is 6.92 Å². The Morgan fingerprint density at radius 1 is 1.53 bits per heavy atom. The monoisotopic (exact) mass is 264 g/mol. The number of hydrogen-bond acceptors (Lipinski definition) is 4. The Morgan fingerprint density at radius 2 is 2.32 bits per heavy atom. The SMILES string of the molecule is CCN(C(=O)C1CCC(CN)O1)c1cccc(O)c1. The predicted octanol–water partition coefficient (Wildman–Crippen LogP) is 1.25. The minimum absolute atomic E-state index is 0.0168. The molecule has 1 heterocycles. The average molecular weight is 264 g/mol. The Morgan fingerprint density at radius 3 is 2.89 bits per heavy atom. The summed E-state index contributed by atoms with van der Waals surface area (Å²) in [6.07, 6.45) is 1.09. The lowest BCUT2D eigenvalue weighted by atomic mass is 10.1. The van der Waals surface area contributed by atoms with E-state index in [1.165, 1.54) is 0 Å². The summed E-state index contributed by atoms with van der Waals surface area (Å²) in [5, 5.41) is 9.50. The fraction of sp³-hybridized carbons (Fsp3) is 0.500. The van der Waals surface area contributed by atoms with Crippen LogP contribution in [-0.2, 0) is 9.53 Å². The van der Waals surface area contributed by atoms with Gasteiger partial charge in [-0.15, -0.1) is 0 Å². The maximum atomic E-state index is 12.4. The number of phenols is 1. The summed E-state index contributed by atoms with van der Waals surface area (Å²) < 4.78 is 5.63. The van der Waals surface area contributed by atoms with E-state index >= 15 is 0 Å². The highest BCUT2D eigenvalue weighted by Gasteiger charge is 2.32. The first kappa shape index (κ1) is 13.8. The number of rotatable bonds is 4. The number of carbonyl (C=O) groups excluding carboxylic acids is 1. The van der Waals surface area contributed by atoms with Crippen molar-refractivity contribution in [3.05, 3.63) is 24.3 Å². The van der Waals surface area contributed by atoms with Crippen molar-refractivity contribution < 1.29 is 14.6 Å². The summed E-state index contributed by atoms with van der Waals surface area (Å²) in [6, 6.07) is 6.68. The maximum absolute atomic E-state index is 12.4. The molecule has 0 aromatic heterocycles. The standard InChI is InChI=1S/C14H20N2O3/c1-2-16(10-4-3-5-11(17)8-10)14(18)13-7-6-12(9-15)19-13/h3-5,8,12-13,17H,2,6-7,9,15H2,1H3. The van der Waals surface area contributed by atoms with E-state index in [2.05, 4.69) is 0 Å². The van der Waals surface area contributed by atoms with Crippen molar-refractivity contribution in [3.63, 3.8) is 0 Å². The first-order chi connectivity index (χ1) is 9.15. The van der Waals surface area contributed by atoms with Crippen LogP contribution in [-0.4, -0.2) is 36.3 Å². The van der Waals surface area contributed by atoms with Crippen molar-refractivity contribution in [1.29, 1.82) is 0 Å². The van der Waals surface area contributed by atoms with Gasteiger partial charge in [-0.1, -0.05) is 6.07 Å². The summed E-state index contributed by atoms with van der Waals surface area (Å²) >= 11 is 0. The molecule has 1 aromatic carbocycles. The fourth-order valence-electron chi connectivity index (χ4n) is 2.36. The van der Waals surface area contributed by atoms with Gasteiger partial charge >= 0.3 is 0 Å². The molecule has 0 bridgehead atoms. The van der Waals surface area contributed by atoms with E-state index in [1.54, 1.807) is 29.2 Å². The lowest BCUT2D eigenvalue weighted by Crippen LogP contribution is -2.39. The van der Waals surface area contributed by atoms with Crippen LogP contribution in [0.15, 0.2) is 24.3 Å². The molecule has 1 aromatic rings. The zero-order valence-electron chi connectivity index (χ0n) is 11.1. The molecular formula is C14H20N2O3. The summed E-state index contributed by atoms with van der Waals surface area (Å²) in [4.78, 5) is 14.1. The predicted molar refractivity (Wildman–Crippen MR) is 73.1 cm³/mol. The Hall–Kier alpha value is -1.59. The second-order valence-corrected chi connectivity index (χ2v) is 4.66. The molecule has 1 fully saturated rings. The number of amides is 1. The van der Waals surface area contributed by atoms with E-state index in [0.717, 1.165) is 6.42 Å². The van der Waals surface area contributed by atoms with Crippen LogP contribution in [0.2, 0.25) is 0 Å². The number of ether oxygens (including phenoxy) is 1. The van der Waals surface area contributed by atoms with E-state index < -0.39 is 6.10 Å². The Labute approximate surface area is 113 Å². The molecular weight excluding hydrogens is 244 g/mol. The number of benzene rings is 1. The molecule has 1 aliphatic heterocycles. The van der Waals surface area contributed by atoms with Crippen molar-refractivity contribution in [2.45, 2.75) is 32.0 Å². The van der Waals surface area contributed by atoms with E-state index in [0.29, 0.717) is 25.2 Å². The van der Waals surface area contributed by atoms with Gasteiger partial charge in [0.25, 0.3) is 5.91 Å². The molecule has 0 radical (unpaired) electrons. The molecule has 104 valence electrons. The van der Waals surface area contributed by atoms with Gasteiger partial charge in [0.2, 0.25) is 0 Å². The van der Waals surface area contributed by atoms with E-state index in [-0.39, 0.29) is 17.8 Å². The first-order valence-corrected chi connectivity index (χ1v) is 6.61. The number of anilines is 1. The van der Waals surface area contributed by atoms with Gasteiger partial charge in [0, 0.05) is 24.8 Å². The quantitative estimate of drug-likeness (QED) is 0.858. The number of hydrogen-bond donors (Lipinski definition) is 2. The summed E-state index contributed by atoms with van der Waals surface area (Å²) in [7, 11) is 0. The van der Waals surface area contributed by atoms with Crippen LogP contribution in [0.5, 0.6) is 5.75 Å². The Balaban J connectivity index is 2.12. The zero-order chi connectivity index (χ0) is 13.8. The molecule has 5 heteroatoms. The number of likely N-dealkylation sites (N-methyl/N-ethyl adjacent to an activating group) is 1. The summed E-state index contributed by atoms with van der Waals surface area (Å²) in [5.41, 5.74) is 6.24. The van der Waals surface area contributed by atoms with Gasteiger partial charge in [0.1, 0.15) is 11.9 Å². The number of nitrogens with zero attached hydrogens (tertiary/aromatic N) is 1. The van der Waals surface area contributed by atoms with E-state index in [4.69, 9.17) is 10.5 Å². The molecule has 5 nitrogen and oxygen atoms in total. The molecule has 0 spiro atoms. The lowest BCUT2D eigenvalue weighted by molar-refractivity contribution is -0.129. The molecule has 0 aliphatic carbocycles. The summed E-state index contributed by atoms with van der Waals surface area (Å²) in [6.45, 7) is 2.88. The van der Waals surface area contributed by atoms with Crippen LogP contribution in [0.1, 0.15) is 19.8 Å². The minimum atomic E-state index is -0.421. The number of aromatic hydroxyl groups is 1. The first-order valence-electron chi connectivity index (χ1n) is 6.61. The highest BCUT2D eigenvalue weighted by molar-refractivity contribution is 5.96. The van der Waals surface area contributed by atoms with Crippen LogP contribution in [0, 0.1) is 0 Å². The lowest BCUT2D eigenvalue weighted by Gasteiger charge is -2.24. The normalized spacial score (nSPS) is 22.4. The molecule has 3 N–H and O–H groups in total. The van der Waals surface area contributed by atoms with Gasteiger partial charge in [0.15, 0.2) is 0 Å². The number of carbonyl (C=O) groups is 1. The van der Waals surface area contributed by atoms with Crippen LogP contribution >= 0.6 is 0 Å². The van der Waals surface area contributed by atoms with Crippen molar-refractivity contribution in [3.8, 4) is 5.75 Å². The number of phenolic OH excluding ortho intramolecular Hbond substituents is 1. The van der Waals surface area contributed by atoms with E-state index in [9.17, 15) is 9.90 Å². The molecule has 0 saturated carbocycles. The van der Waals surface area contributed by atoms with Crippen LogP contribution in [0.25, 0.3) is 0 Å². The largest absolute Gasteiger partial charge is 0.508 e. The van der Waals surface area contributed by atoms with Gasteiger partial charge in [-0.25, -0.2) is 0 Å². The van der Waals surface area contributed by atoms with Gasteiger partial charge in [-0.05, 0) is 31.9 Å². The van der Waals surface area contributed by atoms with Crippen molar-refractivity contribution in [2.75, 3.05) is 18.0 Å². The van der Waals surface area contributed by atoms with Crippen molar-refractivity contribution in [1.82, 2.24) is 0 Å². The highest BCUT2D eigenvalue weighted by atomic mass is 16.5. The smallest absolute Gasteiger partial charge is 0.256 e. The topological polar surface area (TPSA) is 75.8 Å². The third-order valence-electron chi connectivity index (χ3n) is 3.37. The van der Waals surface area contributed by atoms with Crippen LogP contribution in [0.4, 0.5) is 5.69 Å². The van der Waals surface area contributed by atoms with Gasteiger partial charge in [0.05, 0.1) is 6.10 Å². The molecule has 2 unspecified atom stereocenters. The van der Waals surface area contributed by atoms with Crippen molar-refractivity contribution >= 4 is 11.6 Å². The molecule has 1 amide bonds. The molecule has 2 rings (SSSR count). The molecule has 1 saturated heterocycles. The minimum Gasteiger partial charge on any atom is -0.508 e. The van der Waals surface area contributed by atoms with Gasteiger partial charge in [-0.3, -0.25) is 4.79 Å². The third kappa shape index (κ3) is 3.05. The third-order valence-corrected chi connectivity index (χ3v) is 3.37. The van der Waals surface area contributed by atoms with Crippen LogP contribution < -0.4 is 10.6 Å². The summed E-state index contributed by atoms with van der Waals surface area (Å²) in [5.74, 6) is 0.0833. The maximum Gasteiger partial charge on any atom is 0.256 e. The fourth-order valence-corrected chi connectivity index (χ4v) is 2.36. The second-order valence-electron chi connectivity index (χ2n) is 4.66. The average Bonchev–Trinajstić information content (AvgIpc) is 2.88. The second kappa shape index (κ2) is 6.04. The highest BCUT2D eigenvalue weighted by Crippen LogP contribution is 2.25. The molecule has 19 heavy (non-hydrogen) atoms. The molecule has 1 aliphatic rings. The molecule has 2 atom stereocenters. The van der Waals surface area contributed by atoms with Crippen molar-refractivity contribution in [2.24, 2.45) is 5.73 Å². The van der Waals surface area contributed by atoms with Gasteiger partial charge < -0.3 is 20.5 Å². The van der Waals surface area contributed by atoms with Crippen LogP contribution in [0.3, 0.4) is 0 Å². The number of nitrogens with two attached hydrogens (primary N) is 1. The Kier molecular flexibility index (Phi) is 4.39.